The van der Waals surface area contributed by atoms with Gasteiger partial charge in [-0.1, -0.05) is 32.6 Å². The highest BCUT2D eigenvalue weighted by atomic mass is 32.2. The van der Waals surface area contributed by atoms with Gasteiger partial charge in [0.05, 0.1) is 10.5 Å². The molecule has 0 aliphatic heterocycles. The molecule has 0 rings (SSSR count). The molecule has 0 aliphatic carbocycles. The second kappa shape index (κ2) is 10.1. The van der Waals surface area contributed by atoms with E-state index < -0.39 is 14.6 Å². The topological polar surface area (TPSA) is 70.6 Å². The third-order valence-electron chi connectivity index (χ3n) is 3.69. The van der Waals surface area contributed by atoms with E-state index >= 15 is 0 Å². The Morgan fingerprint density at radius 1 is 1.18 bits per heavy atom. The van der Waals surface area contributed by atoms with E-state index in [1.807, 2.05) is 0 Å². The van der Waals surface area contributed by atoms with Crippen LogP contribution in [0.2, 0.25) is 0 Å². The lowest BCUT2D eigenvalue weighted by atomic mass is 10.1. The largest absolute Gasteiger partial charge is 0.355 e. The predicted octanol–water partition coefficient (Wildman–Crippen LogP) is 2.72. The van der Waals surface area contributed by atoms with E-state index in [9.17, 15) is 8.42 Å². The first-order valence-corrected chi connectivity index (χ1v) is 9.98. The minimum atomic E-state index is -3.10. The van der Waals surface area contributed by atoms with Crippen molar-refractivity contribution in [3.05, 3.63) is 0 Å². The molecule has 1 unspecified atom stereocenters. The first-order chi connectivity index (χ1) is 10.1. The van der Waals surface area contributed by atoms with Gasteiger partial charge in [-0.2, -0.15) is 0 Å². The number of nitrogens with zero attached hydrogens (tertiary/aromatic N) is 1. The second-order valence-electron chi connectivity index (χ2n) is 6.82. The third-order valence-corrected chi connectivity index (χ3v) is 6.30. The van der Waals surface area contributed by atoms with Crippen molar-refractivity contribution in [1.29, 1.82) is 0 Å². The molecule has 0 aromatic carbocycles. The zero-order chi connectivity index (χ0) is 17.2. The average molecular weight is 334 g/mol. The van der Waals surface area contributed by atoms with Crippen LogP contribution in [0, 0.1) is 0 Å². The maximum absolute atomic E-state index is 12.0. The maximum Gasteiger partial charge on any atom is 0.191 e. The van der Waals surface area contributed by atoms with Crippen LogP contribution in [0.5, 0.6) is 0 Å². The molecule has 0 saturated heterocycles. The highest BCUT2D eigenvalue weighted by molar-refractivity contribution is 7.92. The Morgan fingerprint density at radius 2 is 1.82 bits per heavy atom. The molecule has 0 aromatic heterocycles. The van der Waals surface area contributed by atoms with Crippen molar-refractivity contribution in [3.63, 3.8) is 0 Å². The summed E-state index contributed by atoms with van der Waals surface area (Å²) in [5, 5.41) is 6.40. The summed E-state index contributed by atoms with van der Waals surface area (Å²) in [5.74, 6) is 0.786. The van der Waals surface area contributed by atoms with Crippen molar-refractivity contribution in [2.24, 2.45) is 4.99 Å². The Kier molecular flexibility index (Phi) is 9.72. The lowest BCUT2D eigenvalue weighted by Crippen LogP contribution is -2.44. The summed E-state index contributed by atoms with van der Waals surface area (Å²) in [4.78, 5) is 4.15. The average Bonchev–Trinajstić information content (AvgIpc) is 2.41. The summed E-state index contributed by atoms with van der Waals surface area (Å²) in [5.41, 5.74) is 0. The number of rotatable bonds is 9. The van der Waals surface area contributed by atoms with Gasteiger partial charge in [-0.05, 0) is 34.1 Å². The van der Waals surface area contributed by atoms with Gasteiger partial charge < -0.3 is 10.6 Å². The number of hydrogen-bond donors (Lipinski definition) is 2. The van der Waals surface area contributed by atoms with Crippen LogP contribution in [-0.2, 0) is 9.84 Å². The fourth-order valence-electron chi connectivity index (χ4n) is 1.99. The van der Waals surface area contributed by atoms with E-state index in [-0.39, 0.29) is 5.75 Å². The van der Waals surface area contributed by atoms with E-state index in [0.29, 0.717) is 18.5 Å². The molecule has 0 amide bonds. The Bertz CT molecular complexity index is 425. The van der Waals surface area contributed by atoms with E-state index in [2.05, 4.69) is 29.5 Å². The molecule has 0 heterocycles. The fraction of sp³-hybridized carbons (Fsp3) is 0.938. The predicted molar refractivity (Wildman–Crippen MR) is 96.3 cm³/mol. The van der Waals surface area contributed by atoms with Crippen molar-refractivity contribution < 1.29 is 8.42 Å². The number of sulfone groups is 1. The summed E-state index contributed by atoms with van der Waals surface area (Å²) in [6, 6.07) is 0.335. The monoisotopic (exact) mass is 333 g/mol. The molecule has 0 bridgehead atoms. The van der Waals surface area contributed by atoms with E-state index in [1.54, 1.807) is 27.8 Å². The normalized spacial score (nSPS) is 14.7. The molecule has 5 nitrogen and oxygen atoms in total. The lowest BCUT2D eigenvalue weighted by Gasteiger charge is -2.21. The van der Waals surface area contributed by atoms with Gasteiger partial charge in [0.25, 0.3) is 0 Å². The summed E-state index contributed by atoms with van der Waals surface area (Å²) in [6.07, 6.45) is 6.09. The van der Waals surface area contributed by atoms with Gasteiger partial charge in [-0.15, -0.1) is 0 Å². The number of unbranched alkanes of at least 4 members (excludes halogenated alkanes) is 3. The highest BCUT2D eigenvalue weighted by Crippen LogP contribution is 2.15. The molecule has 0 aliphatic rings. The molecule has 0 radical (unpaired) electrons. The van der Waals surface area contributed by atoms with Crippen molar-refractivity contribution in [2.45, 2.75) is 77.5 Å². The van der Waals surface area contributed by atoms with Crippen LogP contribution in [0.25, 0.3) is 0 Å². The summed E-state index contributed by atoms with van der Waals surface area (Å²) in [7, 11) is -1.39. The molecule has 22 heavy (non-hydrogen) atoms. The van der Waals surface area contributed by atoms with Crippen LogP contribution < -0.4 is 10.6 Å². The molecule has 0 saturated carbocycles. The van der Waals surface area contributed by atoms with Crippen molar-refractivity contribution in [2.75, 3.05) is 19.3 Å². The van der Waals surface area contributed by atoms with Crippen LogP contribution in [0.1, 0.15) is 66.7 Å². The quantitative estimate of drug-likeness (QED) is 0.387. The van der Waals surface area contributed by atoms with Gasteiger partial charge in [-0.3, -0.25) is 4.99 Å². The number of nitrogens with one attached hydrogen (secondary N) is 2. The van der Waals surface area contributed by atoms with Gasteiger partial charge in [-0.25, -0.2) is 8.42 Å². The molecule has 2 N–H and O–H groups in total. The maximum atomic E-state index is 12.0. The molecular formula is C16H35N3O2S. The van der Waals surface area contributed by atoms with Gasteiger partial charge in [0, 0.05) is 19.6 Å². The number of aliphatic imine (C=N–C) groups is 1. The third kappa shape index (κ3) is 8.61. The van der Waals surface area contributed by atoms with E-state index in [0.717, 1.165) is 6.42 Å². The summed E-state index contributed by atoms with van der Waals surface area (Å²) >= 11 is 0. The molecule has 132 valence electrons. The Morgan fingerprint density at radius 3 is 2.32 bits per heavy atom. The molecule has 0 spiro atoms. The fourth-order valence-corrected chi connectivity index (χ4v) is 2.97. The SMILES string of the molecule is CCCCCCC(C)NC(=NC)NCCS(=O)(=O)C(C)(C)C. The molecular weight excluding hydrogens is 298 g/mol. The van der Waals surface area contributed by atoms with Crippen LogP contribution in [-0.4, -0.2) is 44.5 Å². The zero-order valence-corrected chi connectivity index (χ0v) is 16.0. The smallest absolute Gasteiger partial charge is 0.191 e. The first-order valence-electron chi connectivity index (χ1n) is 8.33. The summed E-state index contributed by atoms with van der Waals surface area (Å²) < 4.78 is 23.4. The van der Waals surface area contributed by atoms with Crippen LogP contribution in [0.3, 0.4) is 0 Å². The van der Waals surface area contributed by atoms with Gasteiger partial charge in [0.1, 0.15) is 0 Å². The van der Waals surface area contributed by atoms with Gasteiger partial charge >= 0.3 is 0 Å². The van der Waals surface area contributed by atoms with Crippen molar-refractivity contribution in [1.82, 2.24) is 10.6 Å². The van der Waals surface area contributed by atoms with Crippen molar-refractivity contribution >= 4 is 15.8 Å². The Hall–Kier alpha value is -0.780. The zero-order valence-electron chi connectivity index (χ0n) is 15.2. The Balaban J connectivity index is 4.13. The lowest BCUT2D eigenvalue weighted by molar-refractivity contribution is 0.537. The van der Waals surface area contributed by atoms with Gasteiger partial charge in [0.15, 0.2) is 15.8 Å². The van der Waals surface area contributed by atoms with Crippen molar-refractivity contribution in [3.8, 4) is 0 Å². The highest BCUT2D eigenvalue weighted by Gasteiger charge is 2.28. The number of hydrogen-bond acceptors (Lipinski definition) is 3. The summed E-state index contributed by atoms with van der Waals surface area (Å²) in [6.45, 7) is 9.90. The standard InChI is InChI=1S/C16H35N3O2S/c1-7-8-9-10-11-14(2)19-15(17-6)18-12-13-22(20,21)16(3,4)5/h14H,7-13H2,1-6H3,(H2,17,18,19). The molecule has 1 atom stereocenters. The van der Waals surface area contributed by atoms with Crippen LogP contribution >= 0.6 is 0 Å². The minimum absolute atomic E-state index is 0.113. The van der Waals surface area contributed by atoms with Gasteiger partial charge in [0.2, 0.25) is 0 Å². The number of guanidine groups is 1. The molecule has 6 heteroatoms. The van der Waals surface area contributed by atoms with Crippen LogP contribution in [0.15, 0.2) is 4.99 Å². The van der Waals surface area contributed by atoms with E-state index in [4.69, 9.17) is 0 Å². The molecule has 0 aromatic rings. The van der Waals surface area contributed by atoms with Crippen LogP contribution in [0.4, 0.5) is 0 Å². The second-order valence-corrected chi connectivity index (χ2v) is 9.69. The molecule has 0 fully saturated rings. The Labute approximate surface area is 137 Å². The minimum Gasteiger partial charge on any atom is -0.355 e. The first kappa shape index (κ1) is 21.2. The van der Waals surface area contributed by atoms with E-state index in [1.165, 1.54) is 25.7 Å².